The minimum Gasteiger partial charge on any atom is -0.0804 e. The van der Waals surface area contributed by atoms with Gasteiger partial charge in [-0.2, -0.15) is 0 Å². The maximum Gasteiger partial charge on any atom is 0.00167 e. The summed E-state index contributed by atoms with van der Waals surface area (Å²) in [6.07, 6.45) is 7.92. The van der Waals surface area contributed by atoms with E-state index in [2.05, 4.69) is 26.0 Å². The van der Waals surface area contributed by atoms with Crippen LogP contribution in [0.4, 0.5) is 0 Å². The SMILES string of the molecule is CC(C)=C1C2C=CC1C1CCC21. The molecule has 0 amide bonds. The Morgan fingerprint density at radius 2 is 1.58 bits per heavy atom. The van der Waals surface area contributed by atoms with Gasteiger partial charge in [0.2, 0.25) is 0 Å². The summed E-state index contributed by atoms with van der Waals surface area (Å²) in [4.78, 5) is 0. The summed E-state index contributed by atoms with van der Waals surface area (Å²) >= 11 is 0. The van der Waals surface area contributed by atoms with Gasteiger partial charge in [-0.1, -0.05) is 23.3 Å². The highest BCUT2D eigenvalue weighted by atomic mass is 14.6. The number of hydrogen-bond acceptors (Lipinski definition) is 0. The first-order valence-corrected chi connectivity index (χ1v) is 5.14. The van der Waals surface area contributed by atoms with Crippen LogP contribution < -0.4 is 0 Å². The summed E-state index contributed by atoms with van der Waals surface area (Å²) in [6.45, 7) is 4.57. The third kappa shape index (κ3) is 0.608. The van der Waals surface area contributed by atoms with Crippen molar-refractivity contribution in [2.75, 3.05) is 0 Å². The van der Waals surface area contributed by atoms with Crippen molar-refractivity contribution in [2.24, 2.45) is 23.7 Å². The van der Waals surface area contributed by atoms with Gasteiger partial charge in [0.1, 0.15) is 0 Å². The van der Waals surface area contributed by atoms with E-state index in [0.717, 1.165) is 23.7 Å². The van der Waals surface area contributed by atoms with Crippen LogP contribution in [0.25, 0.3) is 0 Å². The van der Waals surface area contributed by atoms with Crippen molar-refractivity contribution < 1.29 is 0 Å². The van der Waals surface area contributed by atoms with E-state index >= 15 is 0 Å². The Morgan fingerprint density at radius 3 is 1.92 bits per heavy atom. The second-order valence-electron chi connectivity index (χ2n) is 4.80. The predicted octanol–water partition coefficient (Wildman–Crippen LogP) is 3.16. The summed E-state index contributed by atoms with van der Waals surface area (Å²) in [5, 5.41) is 0. The van der Waals surface area contributed by atoms with Gasteiger partial charge >= 0.3 is 0 Å². The molecule has 0 aromatic rings. The number of hydrogen-bond donors (Lipinski definition) is 0. The highest BCUT2D eigenvalue weighted by Crippen LogP contribution is 2.61. The molecule has 0 heteroatoms. The Labute approximate surface area is 74.4 Å². The normalized spacial score (nSPS) is 47.7. The Morgan fingerprint density at radius 1 is 1.08 bits per heavy atom. The van der Waals surface area contributed by atoms with Gasteiger partial charge in [0, 0.05) is 11.8 Å². The molecule has 0 radical (unpaired) electrons. The van der Waals surface area contributed by atoms with Gasteiger partial charge < -0.3 is 0 Å². The highest BCUT2D eigenvalue weighted by molar-refractivity contribution is 5.39. The van der Waals surface area contributed by atoms with E-state index < -0.39 is 0 Å². The van der Waals surface area contributed by atoms with Crippen molar-refractivity contribution in [3.8, 4) is 0 Å². The standard InChI is InChI=1S/C12H16/c1-7(2)12-10-5-6-11(12)9-4-3-8(9)10/h5-6,8-11H,3-4H2,1-2H3. The predicted molar refractivity (Wildman–Crippen MR) is 50.7 cm³/mol. The molecule has 2 fully saturated rings. The molecule has 0 aromatic carbocycles. The lowest BCUT2D eigenvalue weighted by atomic mass is 9.68. The average molecular weight is 160 g/mol. The molecule has 4 atom stereocenters. The van der Waals surface area contributed by atoms with E-state index in [1.54, 1.807) is 11.1 Å². The van der Waals surface area contributed by atoms with E-state index in [4.69, 9.17) is 0 Å². The molecule has 3 rings (SSSR count). The first-order valence-electron chi connectivity index (χ1n) is 5.14. The first kappa shape index (κ1) is 6.94. The molecule has 0 aromatic heterocycles. The van der Waals surface area contributed by atoms with Crippen molar-refractivity contribution in [3.63, 3.8) is 0 Å². The van der Waals surface area contributed by atoms with E-state index in [0.29, 0.717) is 0 Å². The third-order valence-electron chi connectivity index (χ3n) is 4.13. The van der Waals surface area contributed by atoms with E-state index in [1.165, 1.54) is 12.8 Å². The Balaban J connectivity index is 2.08. The van der Waals surface area contributed by atoms with Crippen LogP contribution in [0.5, 0.6) is 0 Å². The van der Waals surface area contributed by atoms with Crippen molar-refractivity contribution in [2.45, 2.75) is 26.7 Å². The fourth-order valence-corrected chi connectivity index (χ4v) is 3.53. The zero-order valence-electron chi connectivity index (χ0n) is 7.88. The number of rotatable bonds is 0. The van der Waals surface area contributed by atoms with Gasteiger partial charge in [-0.3, -0.25) is 0 Å². The lowest BCUT2D eigenvalue weighted by Crippen LogP contribution is -2.28. The summed E-state index contributed by atoms with van der Waals surface area (Å²) in [6, 6.07) is 0. The molecule has 0 saturated heterocycles. The fourth-order valence-electron chi connectivity index (χ4n) is 3.53. The largest absolute Gasteiger partial charge is 0.0804 e. The maximum atomic E-state index is 2.47. The zero-order chi connectivity index (χ0) is 8.29. The van der Waals surface area contributed by atoms with Crippen molar-refractivity contribution in [1.82, 2.24) is 0 Å². The smallest absolute Gasteiger partial charge is 0.00167 e. The molecule has 0 spiro atoms. The summed E-state index contributed by atoms with van der Waals surface area (Å²) in [5.74, 6) is 3.81. The second-order valence-corrected chi connectivity index (χ2v) is 4.80. The van der Waals surface area contributed by atoms with E-state index in [1.807, 2.05) is 0 Å². The maximum absolute atomic E-state index is 2.47. The molecule has 2 bridgehead atoms. The van der Waals surface area contributed by atoms with Gasteiger partial charge in [-0.15, -0.1) is 0 Å². The molecule has 12 heavy (non-hydrogen) atoms. The molecule has 0 heterocycles. The molecule has 2 saturated carbocycles. The van der Waals surface area contributed by atoms with Crippen molar-refractivity contribution in [1.29, 1.82) is 0 Å². The topological polar surface area (TPSA) is 0 Å². The van der Waals surface area contributed by atoms with Crippen LogP contribution >= 0.6 is 0 Å². The first-order chi connectivity index (χ1) is 5.79. The van der Waals surface area contributed by atoms with Crippen LogP contribution in [-0.2, 0) is 0 Å². The van der Waals surface area contributed by atoms with Crippen LogP contribution in [0.1, 0.15) is 26.7 Å². The molecule has 3 aliphatic carbocycles. The summed E-state index contributed by atoms with van der Waals surface area (Å²) in [5.41, 5.74) is 3.37. The molecule has 0 aliphatic heterocycles. The molecule has 0 nitrogen and oxygen atoms in total. The average Bonchev–Trinajstić information content (AvgIpc) is 2.36. The molecular weight excluding hydrogens is 144 g/mol. The minimum absolute atomic E-state index is 0.860. The Bertz CT molecular complexity index is 256. The van der Waals surface area contributed by atoms with Gasteiger partial charge in [-0.05, 0) is 38.5 Å². The lowest BCUT2D eigenvalue weighted by molar-refractivity contribution is 0.162. The second kappa shape index (κ2) is 2.04. The van der Waals surface area contributed by atoms with E-state index in [-0.39, 0.29) is 0 Å². The lowest BCUT2D eigenvalue weighted by Gasteiger charge is -2.36. The summed E-state index contributed by atoms with van der Waals surface area (Å²) < 4.78 is 0. The van der Waals surface area contributed by atoms with Gasteiger partial charge in [-0.25, -0.2) is 0 Å². The summed E-state index contributed by atoms with van der Waals surface area (Å²) in [7, 11) is 0. The number of fused-ring (bicyclic) bond motifs is 5. The van der Waals surface area contributed by atoms with Crippen LogP contribution in [0.3, 0.4) is 0 Å². The van der Waals surface area contributed by atoms with Gasteiger partial charge in [0.25, 0.3) is 0 Å². The van der Waals surface area contributed by atoms with Crippen LogP contribution in [0.2, 0.25) is 0 Å². The highest BCUT2D eigenvalue weighted by Gasteiger charge is 2.52. The third-order valence-corrected chi connectivity index (χ3v) is 4.13. The van der Waals surface area contributed by atoms with Crippen molar-refractivity contribution >= 4 is 0 Å². The van der Waals surface area contributed by atoms with Crippen LogP contribution in [0.15, 0.2) is 23.3 Å². The number of allylic oxidation sites excluding steroid dienone is 4. The molecule has 4 unspecified atom stereocenters. The monoisotopic (exact) mass is 160 g/mol. The quantitative estimate of drug-likeness (QED) is 0.477. The van der Waals surface area contributed by atoms with E-state index in [9.17, 15) is 0 Å². The van der Waals surface area contributed by atoms with Crippen LogP contribution in [0, 0.1) is 23.7 Å². The minimum atomic E-state index is 0.860. The van der Waals surface area contributed by atoms with Crippen LogP contribution in [-0.4, -0.2) is 0 Å². The molecule has 64 valence electrons. The zero-order valence-corrected chi connectivity index (χ0v) is 7.88. The van der Waals surface area contributed by atoms with Gasteiger partial charge in [0.05, 0.1) is 0 Å². The van der Waals surface area contributed by atoms with Crippen molar-refractivity contribution in [3.05, 3.63) is 23.3 Å². The Kier molecular flexibility index (Phi) is 1.18. The van der Waals surface area contributed by atoms with Gasteiger partial charge in [0.15, 0.2) is 0 Å². The fraction of sp³-hybridized carbons (Fsp3) is 0.667. The molecule has 0 N–H and O–H groups in total. The molecule has 3 aliphatic rings. The Hall–Kier alpha value is -0.520. The molecular formula is C12H16.